The quantitative estimate of drug-likeness (QED) is 0.733. The first-order valence-electron chi connectivity index (χ1n) is 7.68. The summed E-state index contributed by atoms with van der Waals surface area (Å²) in [6.07, 6.45) is 0.791. The fourth-order valence-electron chi connectivity index (χ4n) is 2.78. The molecule has 0 fully saturated rings. The zero-order valence-electron chi connectivity index (χ0n) is 13.7. The number of nitrogens with zero attached hydrogens (tertiary/aromatic N) is 1. The topological polar surface area (TPSA) is 57.4 Å². The number of anilines is 1. The molecule has 0 aliphatic carbocycles. The predicted molar refractivity (Wildman–Crippen MR) is 98.1 cm³/mol. The fraction of sp³-hybridized carbons (Fsp3) is 0.211. The normalized spacial score (nSPS) is 11.9. The second-order valence-corrected chi connectivity index (χ2v) is 6.34. The third-order valence-corrected chi connectivity index (χ3v) is 4.72. The predicted octanol–water partition coefficient (Wildman–Crippen LogP) is 4.12. The maximum Gasteiger partial charge on any atom is 0.180 e. The van der Waals surface area contributed by atoms with E-state index >= 15 is 0 Å². The first kappa shape index (κ1) is 16.3. The lowest BCUT2D eigenvalue weighted by Crippen LogP contribution is -2.07. The van der Waals surface area contributed by atoms with E-state index in [4.69, 9.17) is 15.2 Å². The second kappa shape index (κ2) is 7.36. The van der Waals surface area contributed by atoms with Gasteiger partial charge in [-0.25, -0.2) is 4.98 Å². The van der Waals surface area contributed by atoms with E-state index in [1.54, 1.807) is 14.2 Å². The number of benzene rings is 2. The van der Waals surface area contributed by atoms with Gasteiger partial charge in [0.05, 0.1) is 19.9 Å². The minimum absolute atomic E-state index is 0.112. The summed E-state index contributed by atoms with van der Waals surface area (Å²) in [5.74, 6) is 1.84. The smallest absolute Gasteiger partial charge is 0.180 e. The third-order valence-electron chi connectivity index (χ3n) is 4.03. The number of thiazole rings is 1. The average molecular weight is 340 g/mol. The molecule has 0 spiro atoms. The van der Waals surface area contributed by atoms with Crippen LogP contribution >= 0.6 is 11.3 Å². The Labute approximate surface area is 145 Å². The zero-order valence-corrected chi connectivity index (χ0v) is 14.5. The molecule has 0 saturated heterocycles. The Kier molecular flexibility index (Phi) is 5.01. The molecule has 24 heavy (non-hydrogen) atoms. The van der Waals surface area contributed by atoms with Gasteiger partial charge in [0.15, 0.2) is 5.13 Å². The van der Waals surface area contributed by atoms with Crippen molar-refractivity contribution >= 4 is 16.5 Å². The highest BCUT2D eigenvalue weighted by Gasteiger charge is 2.19. The van der Waals surface area contributed by atoms with Gasteiger partial charge in [-0.2, -0.15) is 0 Å². The molecule has 3 aromatic rings. The second-order valence-electron chi connectivity index (χ2n) is 5.45. The summed E-state index contributed by atoms with van der Waals surface area (Å²) in [5.41, 5.74) is 9.15. The number of para-hydroxylation sites is 1. The van der Waals surface area contributed by atoms with E-state index in [1.165, 1.54) is 16.9 Å². The summed E-state index contributed by atoms with van der Waals surface area (Å²) in [4.78, 5) is 4.51. The maximum absolute atomic E-state index is 5.85. The Balaban J connectivity index is 1.98. The lowest BCUT2D eigenvalue weighted by molar-refractivity contribution is 0.408. The number of hydrogen-bond acceptors (Lipinski definition) is 5. The molecule has 4 nitrogen and oxygen atoms in total. The molecule has 0 aliphatic rings. The van der Waals surface area contributed by atoms with Gasteiger partial charge in [-0.1, -0.05) is 30.3 Å². The average Bonchev–Trinajstić information content (AvgIpc) is 3.06. The van der Waals surface area contributed by atoms with E-state index in [9.17, 15) is 0 Å². The van der Waals surface area contributed by atoms with Crippen LogP contribution in [0.15, 0.2) is 53.9 Å². The maximum atomic E-state index is 5.85. The number of aromatic nitrogens is 1. The summed E-state index contributed by atoms with van der Waals surface area (Å²) in [5, 5.41) is 2.61. The van der Waals surface area contributed by atoms with Gasteiger partial charge in [0.2, 0.25) is 0 Å². The lowest BCUT2D eigenvalue weighted by atomic mass is 9.89. The van der Waals surface area contributed by atoms with Crippen molar-refractivity contribution in [3.8, 4) is 11.5 Å². The van der Waals surface area contributed by atoms with E-state index in [1.807, 2.05) is 35.7 Å². The number of hydrogen-bond donors (Lipinski definition) is 1. The number of nitrogen functional groups attached to an aromatic ring is 1. The molecule has 0 bridgehead atoms. The standard InChI is InChI=1S/C19H20N2O2S/c1-22-15-9-7-13(8-10-15)16(17-12-24-19(20)21-17)11-14-5-3-4-6-18(14)23-2/h3-10,12,16H,11H2,1-2H3,(H2,20,21). The SMILES string of the molecule is COc1ccc(C(Cc2ccccc2OC)c2csc(N)n2)cc1. The Hall–Kier alpha value is -2.53. The van der Waals surface area contributed by atoms with Crippen LogP contribution in [0.5, 0.6) is 11.5 Å². The monoisotopic (exact) mass is 340 g/mol. The van der Waals surface area contributed by atoms with Crippen molar-refractivity contribution in [2.45, 2.75) is 12.3 Å². The Morgan fingerprint density at radius 1 is 1.04 bits per heavy atom. The molecule has 1 unspecified atom stereocenters. The van der Waals surface area contributed by atoms with E-state index in [0.29, 0.717) is 5.13 Å². The largest absolute Gasteiger partial charge is 0.497 e. The summed E-state index contributed by atoms with van der Waals surface area (Å²) in [7, 11) is 3.37. The van der Waals surface area contributed by atoms with Crippen LogP contribution in [-0.2, 0) is 6.42 Å². The minimum atomic E-state index is 0.112. The fourth-order valence-corrected chi connectivity index (χ4v) is 3.40. The van der Waals surface area contributed by atoms with Crippen molar-refractivity contribution in [2.75, 3.05) is 20.0 Å². The molecule has 0 saturated carbocycles. The van der Waals surface area contributed by atoms with Crippen molar-refractivity contribution in [2.24, 2.45) is 0 Å². The molecule has 124 valence electrons. The summed E-state index contributed by atoms with van der Waals surface area (Å²) in [6, 6.07) is 16.2. The highest BCUT2D eigenvalue weighted by Crippen LogP contribution is 2.33. The van der Waals surface area contributed by atoms with Crippen molar-refractivity contribution < 1.29 is 9.47 Å². The van der Waals surface area contributed by atoms with Crippen LogP contribution in [0.25, 0.3) is 0 Å². The van der Waals surface area contributed by atoms with Crippen LogP contribution in [0, 0.1) is 0 Å². The van der Waals surface area contributed by atoms with Gasteiger partial charge < -0.3 is 15.2 Å². The number of ether oxygens (including phenoxy) is 2. The van der Waals surface area contributed by atoms with Crippen molar-refractivity contribution in [3.63, 3.8) is 0 Å². The minimum Gasteiger partial charge on any atom is -0.497 e. The molecule has 3 rings (SSSR count). The Morgan fingerprint density at radius 2 is 1.79 bits per heavy atom. The third kappa shape index (κ3) is 3.51. The number of nitrogens with two attached hydrogens (primary N) is 1. The van der Waals surface area contributed by atoms with Gasteiger partial charge in [0.25, 0.3) is 0 Å². The van der Waals surface area contributed by atoms with Crippen LogP contribution in [0.4, 0.5) is 5.13 Å². The first-order valence-corrected chi connectivity index (χ1v) is 8.56. The van der Waals surface area contributed by atoms with Gasteiger partial charge in [-0.15, -0.1) is 11.3 Å². The molecule has 1 aromatic heterocycles. The van der Waals surface area contributed by atoms with Gasteiger partial charge in [-0.05, 0) is 35.7 Å². The first-order chi connectivity index (χ1) is 11.7. The molecule has 0 aliphatic heterocycles. The van der Waals surface area contributed by atoms with Crippen molar-refractivity contribution in [3.05, 3.63) is 70.7 Å². The number of methoxy groups -OCH3 is 2. The van der Waals surface area contributed by atoms with E-state index in [0.717, 1.165) is 29.2 Å². The Bertz CT molecular complexity index is 799. The van der Waals surface area contributed by atoms with Crippen molar-refractivity contribution in [1.82, 2.24) is 4.98 Å². The van der Waals surface area contributed by atoms with Crippen LogP contribution in [0.2, 0.25) is 0 Å². The van der Waals surface area contributed by atoms with Crippen molar-refractivity contribution in [1.29, 1.82) is 0 Å². The molecule has 2 N–H and O–H groups in total. The van der Waals surface area contributed by atoms with Gasteiger partial charge in [0, 0.05) is 11.3 Å². The molecule has 0 amide bonds. The summed E-state index contributed by atoms with van der Waals surface area (Å²) >= 11 is 1.47. The lowest BCUT2D eigenvalue weighted by Gasteiger charge is -2.18. The summed E-state index contributed by atoms with van der Waals surface area (Å²) < 4.78 is 10.8. The highest BCUT2D eigenvalue weighted by molar-refractivity contribution is 7.13. The van der Waals surface area contributed by atoms with Gasteiger partial charge in [0.1, 0.15) is 11.5 Å². The van der Waals surface area contributed by atoms with Crippen LogP contribution in [0.3, 0.4) is 0 Å². The van der Waals surface area contributed by atoms with E-state index < -0.39 is 0 Å². The highest BCUT2D eigenvalue weighted by atomic mass is 32.1. The van der Waals surface area contributed by atoms with E-state index in [-0.39, 0.29) is 5.92 Å². The van der Waals surface area contributed by atoms with Crippen LogP contribution in [-0.4, -0.2) is 19.2 Å². The molecule has 1 atom stereocenters. The zero-order chi connectivity index (χ0) is 16.9. The van der Waals surface area contributed by atoms with Crippen LogP contribution in [0.1, 0.15) is 22.7 Å². The molecular weight excluding hydrogens is 320 g/mol. The molecule has 1 heterocycles. The Morgan fingerprint density at radius 3 is 2.42 bits per heavy atom. The molecule has 0 radical (unpaired) electrons. The van der Waals surface area contributed by atoms with Gasteiger partial charge in [-0.3, -0.25) is 0 Å². The van der Waals surface area contributed by atoms with Gasteiger partial charge >= 0.3 is 0 Å². The molecule has 5 heteroatoms. The summed E-state index contributed by atoms with van der Waals surface area (Å²) in [6.45, 7) is 0. The number of rotatable bonds is 6. The van der Waals surface area contributed by atoms with Crippen LogP contribution < -0.4 is 15.2 Å². The molecular formula is C19H20N2O2S. The van der Waals surface area contributed by atoms with E-state index in [2.05, 4.69) is 23.2 Å². The molecule has 2 aromatic carbocycles.